The van der Waals surface area contributed by atoms with Crippen LogP contribution in [0.1, 0.15) is 23.7 Å². The molecule has 0 aliphatic rings. The Kier molecular flexibility index (Phi) is 3.78. The van der Waals surface area contributed by atoms with Crippen molar-refractivity contribution in [3.8, 4) is 0 Å². The molecule has 0 atom stereocenters. The highest BCUT2D eigenvalue weighted by Crippen LogP contribution is 2.11. The molecular weight excluding hydrogens is 220 g/mol. The van der Waals surface area contributed by atoms with E-state index in [0.29, 0.717) is 0 Å². The normalized spacial score (nSPS) is 11.0. The highest BCUT2D eigenvalue weighted by atomic mass is 15.3. The van der Waals surface area contributed by atoms with Crippen molar-refractivity contribution in [3.63, 3.8) is 0 Å². The third kappa shape index (κ3) is 3.20. The summed E-state index contributed by atoms with van der Waals surface area (Å²) in [4.78, 5) is 0. The van der Waals surface area contributed by atoms with Crippen molar-refractivity contribution in [3.05, 3.63) is 71.6 Å². The molecule has 18 heavy (non-hydrogen) atoms. The molecule has 1 aromatic heterocycles. The largest absolute Gasteiger partial charge is 0.267 e. The molecule has 1 heterocycles. The molecule has 0 radical (unpaired) electrons. The molecule has 0 N–H and O–H groups in total. The summed E-state index contributed by atoms with van der Waals surface area (Å²) in [5.41, 5.74) is 4.50. The monoisotopic (exact) mass is 238 g/mol. The molecule has 0 aliphatic heterocycles. The van der Waals surface area contributed by atoms with Crippen LogP contribution in [0.4, 0.5) is 0 Å². The highest BCUT2D eigenvalue weighted by Gasteiger charge is 2.02. The summed E-state index contributed by atoms with van der Waals surface area (Å²) < 4.78 is 1.97. The van der Waals surface area contributed by atoms with Gasteiger partial charge in [-0.2, -0.15) is 5.10 Å². The molecule has 0 unspecified atom stereocenters. The van der Waals surface area contributed by atoms with Gasteiger partial charge in [-0.1, -0.05) is 54.6 Å². The van der Waals surface area contributed by atoms with Crippen LogP contribution in [0, 0.1) is 6.92 Å². The van der Waals surface area contributed by atoms with Gasteiger partial charge in [0, 0.05) is 11.8 Å². The van der Waals surface area contributed by atoms with Crippen LogP contribution in [0.25, 0.3) is 6.08 Å². The Morgan fingerprint density at radius 3 is 2.72 bits per heavy atom. The lowest BCUT2D eigenvalue weighted by Gasteiger charge is -2.00. The highest BCUT2D eigenvalue weighted by molar-refractivity contribution is 5.53. The van der Waals surface area contributed by atoms with Gasteiger partial charge in [0.15, 0.2) is 0 Å². The molecule has 0 spiro atoms. The van der Waals surface area contributed by atoms with E-state index >= 15 is 0 Å². The van der Waals surface area contributed by atoms with E-state index in [1.165, 1.54) is 5.56 Å². The van der Waals surface area contributed by atoms with Crippen LogP contribution in [0.3, 0.4) is 0 Å². The second kappa shape index (κ2) is 5.50. The van der Waals surface area contributed by atoms with E-state index in [1.807, 2.05) is 42.8 Å². The average Bonchev–Trinajstić information content (AvgIpc) is 2.68. The van der Waals surface area contributed by atoms with E-state index in [1.54, 1.807) is 0 Å². The molecule has 0 aliphatic carbocycles. The van der Waals surface area contributed by atoms with Crippen LogP contribution in [-0.2, 0) is 6.54 Å². The molecular formula is C16H18N2. The van der Waals surface area contributed by atoms with Gasteiger partial charge in [0.25, 0.3) is 0 Å². The maximum Gasteiger partial charge on any atom is 0.0666 e. The SMILES string of the molecule is C=C(C)/C=C\c1cn(Cc2ccccc2)nc1C. The minimum absolute atomic E-state index is 0.808. The van der Waals surface area contributed by atoms with Gasteiger partial charge in [0.1, 0.15) is 0 Å². The minimum Gasteiger partial charge on any atom is -0.267 e. The first-order valence-electron chi connectivity index (χ1n) is 6.07. The molecule has 1 aromatic carbocycles. The molecule has 2 rings (SSSR count). The molecule has 0 bridgehead atoms. The van der Waals surface area contributed by atoms with Gasteiger partial charge in [-0.15, -0.1) is 0 Å². The topological polar surface area (TPSA) is 17.8 Å². The molecule has 2 nitrogen and oxygen atoms in total. The summed E-state index contributed by atoms with van der Waals surface area (Å²) >= 11 is 0. The van der Waals surface area contributed by atoms with E-state index in [9.17, 15) is 0 Å². The van der Waals surface area contributed by atoms with Crippen molar-refractivity contribution in [1.82, 2.24) is 9.78 Å². The van der Waals surface area contributed by atoms with Crippen LogP contribution in [0.2, 0.25) is 0 Å². The molecule has 0 saturated heterocycles. The van der Waals surface area contributed by atoms with E-state index in [2.05, 4.69) is 36.1 Å². The third-order valence-corrected chi connectivity index (χ3v) is 2.72. The zero-order valence-corrected chi connectivity index (χ0v) is 10.9. The Bertz CT molecular complexity index is 562. The number of aromatic nitrogens is 2. The van der Waals surface area contributed by atoms with E-state index < -0.39 is 0 Å². The van der Waals surface area contributed by atoms with E-state index in [-0.39, 0.29) is 0 Å². The number of hydrogen-bond donors (Lipinski definition) is 0. The number of hydrogen-bond acceptors (Lipinski definition) is 1. The van der Waals surface area contributed by atoms with Gasteiger partial charge in [0.05, 0.1) is 12.2 Å². The standard InChI is InChI=1S/C16H18N2/c1-13(2)9-10-16-12-18(17-14(16)3)11-15-7-5-4-6-8-15/h4-10,12H,1,11H2,2-3H3/b10-9-. The molecule has 2 aromatic rings. The van der Waals surface area contributed by atoms with Crippen molar-refractivity contribution >= 4 is 6.08 Å². The molecule has 2 heteroatoms. The summed E-state index contributed by atoms with van der Waals surface area (Å²) in [6.07, 6.45) is 6.14. The zero-order chi connectivity index (χ0) is 13.0. The van der Waals surface area contributed by atoms with E-state index in [0.717, 1.165) is 23.4 Å². The zero-order valence-electron chi connectivity index (χ0n) is 10.9. The van der Waals surface area contributed by atoms with Crippen molar-refractivity contribution < 1.29 is 0 Å². The van der Waals surface area contributed by atoms with E-state index in [4.69, 9.17) is 0 Å². The van der Waals surface area contributed by atoms with Crippen molar-refractivity contribution in [1.29, 1.82) is 0 Å². The molecule has 0 saturated carbocycles. The maximum atomic E-state index is 4.52. The first-order chi connectivity index (χ1) is 8.65. The fourth-order valence-corrected chi connectivity index (χ4v) is 1.78. The fraction of sp³-hybridized carbons (Fsp3) is 0.188. The number of allylic oxidation sites excluding steroid dienone is 2. The third-order valence-electron chi connectivity index (χ3n) is 2.72. The lowest BCUT2D eigenvalue weighted by atomic mass is 10.2. The summed E-state index contributed by atoms with van der Waals surface area (Å²) in [7, 11) is 0. The lowest BCUT2D eigenvalue weighted by molar-refractivity contribution is 0.679. The second-order valence-electron chi connectivity index (χ2n) is 4.53. The molecule has 0 fully saturated rings. The predicted molar refractivity (Wildman–Crippen MR) is 76.4 cm³/mol. The quantitative estimate of drug-likeness (QED) is 0.740. The van der Waals surface area contributed by atoms with Gasteiger partial charge in [-0.25, -0.2) is 0 Å². The number of aryl methyl sites for hydroxylation is 1. The Labute approximate surface area is 108 Å². The summed E-state index contributed by atoms with van der Waals surface area (Å²) in [6, 6.07) is 10.3. The number of nitrogens with zero attached hydrogens (tertiary/aromatic N) is 2. The smallest absolute Gasteiger partial charge is 0.0666 e. The summed E-state index contributed by atoms with van der Waals surface area (Å²) in [5.74, 6) is 0. The van der Waals surface area contributed by atoms with Gasteiger partial charge in [-0.3, -0.25) is 4.68 Å². The second-order valence-corrected chi connectivity index (χ2v) is 4.53. The number of rotatable bonds is 4. The first-order valence-corrected chi connectivity index (χ1v) is 6.07. The van der Waals surface area contributed by atoms with Gasteiger partial charge >= 0.3 is 0 Å². The Morgan fingerprint density at radius 1 is 1.33 bits per heavy atom. The lowest BCUT2D eigenvalue weighted by Crippen LogP contribution is -1.99. The summed E-state index contributed by atoms with van der Waals surface area (Å²) in [6.45, 7) is 8.68. The van der Waals surface area contributed by atoms with Gasteiger partial charge in [0.2, 0.25) is 0 Å². The van der Waals surface area contributed by atoms with Crippen LogP contribution < -0.4 is 0 Å². The molecule has 0 amide bonds. The Hall–Kier alpha value is -2.09. The van der Waals surface area contributed by atoms with Crippen molar-refractivity contribution in [2.45, 2.75) is 20.4 Å². The van der Waals surface area contributed by atoms with Gasteiger partial charge in [-0.05, 0) is 19.4 Å². The number of benzene rings is 1. The minimum atomic E-state index is 0.808. The van der Waals surface area contributed by atoms with Crippen LogP contribution >= 0.6 is 0 Å². The maximum absolute atomic E-state index is 4.52. The predicted octanol–water partition coefficient (Wildman–Crippen LogP) is 3.83. The summed E-state index contributed by atoms with van der Waals surface area (Å²) in [5, 5.41) is 4.52. The van der Waals surface area contributed by atoms with Crippen molar-refractivity contribution in [2.24, 2.45) is 0 Å². The van der Waals surface area contributed by atoms with Crippen LogP contribution in [-0.4, -0.2) is 9.78 Å². The average molecular weight is 238 g/mol. The van der Waals surface area contributed by atoms with Crippen LogP contribution in [0.5, 0.6) is 0 Å². The Balaban J connectivity index is 2.16. The van der Waals surface area contributed by atoms with Crippen molar-refractivity contribution in [2.75, 3.05) is 0 Å². The fourth-order valence-electron chi connectivity index (χ4n) is 1.78. The Morgan fingerprint density at radius 2 is 2.06 bits per heavy atom. The first kappa shape index (κ1) is 12.4. The molecule has 92 valence electrons. The van der Waals surface area contributed by atoms with Gasteiger partial charge < -0.3 is 0 Å². The van der Waals surface area contributed by atoms with Crippen LogP contribution in [0.15, 0.2) is 54.8 Å².